The molecule has 0 aromatic heterocycles. The van der Waals surface area contributed by atoms with Gasteiger partial charge < -0.3 is 4.74 Å². The molecule has 0 aliphatic rings. The number of halogens is 3. The standard InChI is InChI=1S/C14H11F3O.C2H6/c1-10-2-6-12(7-3-10)18-13-8-4-11(5-9-13)14(15,16)17;1-2/h2-9H,1H3;1-2H3. The molecule has 0 unspecified atom stereocenters. The summed E-state index contributed by atoms with van der Waals surface area (Å²) >= 11 is 0. The van der Waals surface area contributed by atoms with Gasteiger partial charge in [-0.2, -0.15) is 13.2 Å². The number of hydrogen-bond donors (Lipinski definition) is 0. The highest BCUT2D eigenvalue weighted by Gasteiger charge is 2.29. The van der Waals surface area contributed by atoms with Crippen LogP contribution in [0.15, 0.2) is 48.5 Å². The number of hydrogen-bond acceptors (Lipinski definition) is 1. The molecule has 0 heterocycles. The Bertz CT molecular complexity index is 513. The van der Waals surface area contributed by atoms with E-state index in [0.717, 1.165) is 17.7 Å². The summed E-state index contributed by atoms with van der Waals surface area (Å²) in [5.74, 6) is 0.979. The molecule has 108 valence electrons. The average molecular weight is 282 g/mol. The van der Waals surface area contributed by atoms with Crippen LogP contribution in [0.25, 0.3) is 0 Å². The minimum absolute atomic E-state index is 0.381. The highest BCUT2D eigenvalue weighted by atomic mass is 19.4. The third-order valence-corrected chi connectivity index (χ3v) is 2.44. The van der Waals surface area contributed by atoms with Crippen LogP contribution in [-0.4, -0.2) is 0 Å². The Morgan fingerprint density at radius 1 is 0.750 bits per heavy atom. The predicted molar refractivity (Wildman–Crippen MR) is 74.0 cm³/mol. The number of aryl methyl sites for hydroxylation is 1. The van der Waals surface area contributed by atoms with Gasteiger partial charge in [-0.3, -0.25) is 0 Å². The van der Waals surface area contributed by atoms with Crippen molar-refractivity contribution in [3.05, 3.63) is 59.7 Å². The first-order valence-electron chi connectivity index (χ1n) is 6.37. The van der Waals surface area contributed by atoms with Crippen LogP contribution in [0, 0.1) is 6.92 Å². The van der Waals surface area contributed by atoms with Crippen LogP contribution in [-0.2, 0) is 6.18 Å². The summed E-state index contributed by atoms with van der Waals surface area (Å²) in [4.78, 5) is 0. The quantitative estimate of drug-likeness (QED) is 0.673. The monoisotopic (exact) mass is 282 g/mol. The average Bonchev–Trinajstić information content (AvgIpc) is 2.43. The Hall–Kier alpha value is -1.97. The molecule has 0 bridgehead atoms. The summed E-state index contributed by atoms with van der Waals surface area (Å²) in [6.07, 6.45) is -4.32. The van der Waals surface area contributed by atoms with E-state index in [2.05, 4.69) is 0 Å². The molecule has 0 spiro atoms. The SMILES string of the molecule is CC.Cc1ccc(Oc2ccc(C(F)(F)F)cc2)cc1. The van der Waals surface area contributed by atoms with Crippen LogP contribution < -0.4 is 4.74 Å². The first-order valence-corrected chi connectivity index (χ1v) is 6.37. The van der Waals surface area contributed by atoms with Crippen LogP contribution in [0.4, 0.5) is 13.2 Å². The second-order valence-electron chi connectivity index (χ2n) is 3.94. The smallest absolute Gasteiger partial charge is 0.416 e. The van der Waals surface area contributed by atoms with Gasteiger partial charge in [-0.1, -0.05) is 31.5 Å². The zero-order valence-electron chi connectivity index (χ0n) is 11.7. The van der Waals surface area contributed by atoms with Gasteiger partial charge in [0.05, 0.1) is 5.56 Å². The van der Waals surface area contributed by atoms with E-state index in [4.69, 9.17) is 4.74 Å². The van der Waals surface area contributed by atoms with Gasteiger partial charge in [0.15, 0.2) is 0 Å². The molecule has 0 aliphatic heterocycles. The van der Waals surface area contributed by atoms with E-state index in [0.29, 0.717) is 11.5 Å². The third kappa shape index (κ3) is 4.61. The second-order valence-corrected chi connectivity index (χ2v) is 3.94. The van der Waals surface area contributed by atoms with Crippen molar-refractivity contribution in [2.75, 3.05) is 0 Å². The number of ether oxygens (including phenoxy) is 1. The summed E-state index contributed by atoms with van der Waals surface area (Å²) in [6, 6.07) is 11.9. The van der Waals surface area contributed by atoms with Gasteiger partial charge in [0, 0.05) is 0 Å². The Morgan fingerprint density at radius 2 is 1.15 bits per heavy atom. The Morgan fingerprint density at radius 3 is 1.55 bits per heavy atom. The van der Waals surface area contributed by atoms with E-state index in [9.17, 15) is 13.2 Å². The van der Waals surface area contributed by atoms with E-state index >= 15 is 0 Å². The maximum Gasteiger partial charge on any atom is 0.416 e. The Balaban J connectivity index is 0.000000956. The molecule has 20 heavy (non-hydrogen) atoms. The molecule has 0 saturated carbocycles. The van der Waals surface area contributed by atoms with Crippen molar-refractivity contribution in [1.82, 2.24) is 0 Å². The summed E-state index contributed by atoms with van der Waals surface area (Å²) < 4.78 is 42.5. The molecule has 2 aromatic carbocycles. The molecular formula is C16H17F3O. The van der Waals surface area contributed by atoms with Gasteiger partial charge in [-0.15, -0.1) is 0 Å². The largest absolute Gasteiger partial charge is 0.457 e. The van der Waals surface area contributed by atoms with Crippen molar-refractivity contribution < 1.29 is 17.9 Å². The van der Waals surface area contributed by atoms with Gasteiger partial charge in [-0.25, -0.2) is 0 Å². The van der Waals surface area contributed by atoms with Crippen LogP contribution in [0.5, 0.6) is 11.5 Å². The van der Waals surface area contributed by atoms with E-state index in [1.165, 1.54) is 12.1 Å². The van der Waals surface area contributed by atoms with Crippen molar-refractivity contribution >= 4 is 0 Å². The zero-order chi connectivity index (χ0) is 15.2. The molecule has 0 amide bonds. The van der Waals surface area contributed by atoms with Crippen molar-refractivity contribution in [3.63, 3.8) is 0 Å². The Labute approximate surface area is 117 Å². The minimum Gasteiger partial charge on any atom is -0.457 e. The van der Waals surface area contributed by atoms with Crippen LogP contribution in [0.3, 0.4) is 0 Å². The second kappa shape index (κ2) is 6.98. The van der Waals surface area contributed by atoms with Crippen molar-refractivity contribution in [1.29, 1.82) is 0 Å². The van der Waals surface area contributed by atoms with Crippen molar-refractivity contribution in [2.45, 2.75) is 26.9 Å². The molecule has 0 aliphatic carbocycles. The lowest BCUT2D eigenvalue weighted by atomic mass is 10.2. The van der Waals surface area contributed by atoms with Crippen LogP contribution >= 0.6 is 0 Å². The maximum absolute atomic E-state index is 12.4. The minimum atomic E-state index is -4.32. The van der Waals surface area contributed by atoms with Crippen molar-refractivity contribution in [2.24, 2.45) is 0 Å². The molecule has 4 heteroatoms. The van der Waals surface area contributed by atoms with Gasteiger partial charge in [0.25, 0.3) is 0 Å². The molecular weight excluding hydrogens is 265 g/mol. The fourth-order valence-electron chi connectivity index (χ4n) is 1.45. The number of rotatable bonds is 2. The molecule has 0 radical (unpaired) electrons. The fraction of sp³-hybridized carbons (Fsp3) is 0.250. The van der Waals surface area contributed by atoms with Gasteiger partial charge in [0.2, 0.25) is 0 Å². The lowest BCUT2D eigenvalue weighted by molar-refractivity contribution is -0.137. The lowest BCUT2D eigenvalue weighted by Crippen LogP contribution is -2.03. The topological polar surface area (TPSA) is 9.23 Å². The molecule has 2 rings (SSSR count). The van der Waals surface area contributed by atoms with Crippen LogP contribution in [0.2, 0.25) is 0 Å². The molecule has 0 fully saturated rings. The third-order valence-electron chi connectivity index (χ3n) is 2.44. The van der Waals surface area contributed by atoms with E-state index in [1.807, 2.05) is 32.9 Å². The normalized spacial score (nSPS) is 10.5. The van der Waals surface area contributed by atoms with E-state index in [-0.39, 0.29) is 0 Å². The van der Waals surface area contributed by atoms with Gasteiger partial charge >= 0.3 is 6.18 Å². The van der Waals surface area contributed by atoms with Crippen LogP contribution in [0.1, 0.15) is 25.0 Å². The number of alkyl halides is 3. The summed E-state index contributed by atoms with van der Waals surface area (Å²) in [6.45, 7) is 5.95. The molecule has 2 aromatic rings. The summed E-state index contributed by atoms with van der Waals surface area (Å²) in [7, 11) is 0. The summed E-state index contributed by atoms with van der Waals surface area (Å²) in [5, 5.41) is 0. The molecule has 0 N–H and O–H groups in total. The molecule has 0 atom stereocenters. The summed E-state index contributed by atoms with van der Waals surface area (Å²) in [5.41, 5.74) is 0.411. The maximum atomic E-state index is 12.4. The number of benzene rings is 2. The van der Waals surface area contributed by atoms with Gasteiger partial charge in [0.1, 0.15) is 11.5 Å². The first kappa shape index (κ1) is 16.1. The first-order chi connectivity index (χ1) is 9.45. The molecule has 0 saturated heterocycles. The van der Waals surface area contributed by atoms with E-state index < -0.39 is 11.7 Å². The van der Waals surface area contributed by atoms with Gasteiger partial charge in [-0.05, 0) is 43.3 Å². The fourth-order valence-corrected chi connectivity index (χ4v) is 1.45. The predicted octanol–water partition coefficient (Wildman–Crippen LogP) is 5.83. The van der Waals surface area contributed by atoms with Crippen molar-refractivity contribution in [3.8, 4) is 11.5 Å². The lowest BCUT2D eigenvalue weighted by Gasteiger charge is -2.09. The highest BCUT2D eigenvalue weighted by Crippen LogP contribution is 2.31. The highest BCUT2D eigenvalue weighted by molar-refractivity contribution is 5.34. The Kier molecular flexibility index (Phi) is 5.62. The molecule has 1 nitrogen and oxygen atoms in total. The van der Waals surface area contributed by atoms with E-state index in [1.54, 1.807) is 12.1 Å². The zero-order valence-corrected chi connectivity index (χ0v) is 11.7.